The molecule has 1 atom stereocenters. The first kappa shape index (κ1) is 24.4. The van der Waals surface area contributed by atoms with Crippen molar-refractivity contribution < 1.29 is 23.9 Å². The molecule has 0 radical (unpaired) electrons. The average Bonchev–Trinajstić information content (AvgIpc) is 2.89. The van der Waals surface area contributed by atoms with Gasteiger partial charge < -0.3 is 20.2 Å². The van der Waals surface area contributed by atoms with Crippen LogP contribution in [0.5, 0.6) is 5.75 Å². The van der Waals surface area contributed by atoms with Gasteiger partial charge in [-0.2, -0.15) is 0 Å². The van der Waals surface area contributed by atoms with Crippen molar-refractivity contribution in [3.05, 3.63) is 112 Å². The predicted octanol–water partition coefficient (Wildman–Crippen LogP) is 3.03. The number of Topliss-reactive ketones (excluding diaryl/α,β-unsaturated/α-hetero) is 1. The van der Waals surface area contributed by atoms with Gasteiger partial charge in [0.25, 0.3) is 11.8 Å². The summed E-state index contributed by atoms with van der Waals surface area (Å²) in [5.41, 5.74) is 1.19. The van der Waals surface area contributed by atoms with Gasteiger partial charge in [0.05, 0.1) is 5.39 Å². The Morgan fingerprint density at radius 3 is 2.22 bits per heavy atom. The lowest BCUT2D eigenvalue weighted by molar-refractivity contribution is -0.139. The van der Waals surface area contributed by atoms with E-state index in [0.29, 0.717) is 0 Å². The molecule has 4 aromatic rings. The summed E-state index contributed by atoms with van der Waals surface area (Å²) in [6, 6.07) is 20.8. The van der Waals surface area contributed by atoms with Gasteiger partial charge in [0.15, 0.2) is 11.2 Å². The molecule has 3 N–H and O–H groups in total. The predicted molar refractivity (Wildman–Crippen MR) is 134 cm³/mol. The molecule has 182 valence electrons. The molecule has 0 spiro atoms. The molecule has 3 aromatic carbocycles. The highest BCUT2D eigenvalue weighted by molar-refractivity contribution is 6.38. The summed E-state index contributed by atoms with van der Waals surface area (Å²) in [5, 5.41) is 15.1. The molecule has 0 unspecified atom stereocenters. The van der Waals surface area contributed by atoms with Crippen molar-refractivity contribution in [3.63, 3.8) is 0 Å². The number of benzene rings is 3. The third-order valence-corrected chi connectivity index (χ3v) is 5.73. The minimum Gasteiger partial charge on any atom is -0.508 e. The minimum absolute atomic E-state index is 0.0299. The number of carbonyl (C=O) groups is 3. The van der Waals surface area contributed by atoms with Crippen molar-refractivity contribution in [1.29, 1.82) is 0 Å². The molecule has 1 heterocycles. The fourth-order valence-electron chi connectivity index (χ4n) is 3.80. The fourth-order valence-corrected chi connectivity index (χ4v) is 3.80. The molecule has 0 saturated heterocycles. The van der Waals surface area contributed by atoms with Crippen LogP contribution in [0.1, 0.15) is 27.2 Å². The lowest BCUT2D eigenvalue weighted by atomic mass is 10.0. The number of phenols is 1. The highest BCUT2D eigenvalue weighted by Gasteiger charge is 2.29. The SMILES string of the molecule is Cc1c(C(=O)N[C@@H](Cc2ccccc2)C(=O)C(=O)NCc2ccccc2)oc2cc(O)ccc2c1=O. The number of hydrogen-bond donors (Lipinski definition) is 3. The van der Waals surface area contributed by atoms with Crippen LogP contribution in [0.2, 0.25) is 0 Å². The topological polar surface area (TPSA) is 126 Å². The molecule has 0 saturated carbocycles. The van der Waals surface area contributed by atoms with E-state index in [1.165, 1.54) is 25.1 Å². The Hall–Kier alpha value is -4.72. The van der Waals surface area contributed by atoms with Gasteiger partial charge in [-0.15, -0.1) is 0 Å². The first-order valence-electron chi connectivity index (χ1n) is 11.3. The Bertz CT molecular complexity index is 1480. The Balaban J connectivity index is 1.59. The maximum Gasteiger partial charge on any atom is 0.289 e. The molecule has 8 heteroatoms. The molecule has 8 nitrogen and oxygen atoms in total. The van der Waals surface area contributed by atoms with Gasteiger partial charge in [-0.25, -0.2) is 0 Å². The normalized spacial score (nSPS) is 11.6. The van der Waals surface area contributed by atoms with Gasteiger partial charge >= 0.3 is 0 Å². The summed E-state index contributed by atoms with van der Waals surface area (Å²) < 4.78 is 5.63. The molecule has 0 aliphatic heterocycles. The number of nitrogens with one attached hydrogen (secondary N) is 2. The second-order valence-corrected chi connectivity index (χ2v) is 8.31. The van der Waals surface area contributed by atoms with Gasteiger partial charge in [-0.05, 0) is 30.2 Å². The van der Waals surface area contributed by atoms with Crippen LogP contribution in [0.4, 0.5) is 0 Å². The summed E-state index contributed by atoms with van der Waals surface area (Å²) in [7, 11) is 0. The zero-order valence-corrected chi connectivity index (χ0v) is 19.5. The van der Waals surface area contributed by atoms with Crippen molar-refractivity contribution in [1.82, 2.24) is 10.6 Å². The fraction of sp³-hybridized carbons (Fsp3) is 0.143. The molecule has 1 aromatic heterocycles. The van der Waals surface area contributed by atoms with Crippen LogP contribution in [0.25, 0.3) is 11.0 Å². The van der Waals surface area contributed by atoms with Crippen LogP contribution >= 0.6 is 0 Å². The Labute approximate surface area is 206 Å². The van der Waals surface area contributed by atoms with Crippen molar-refractivity contribution >= 4 is 28.6 Å². The average molecular weight is 485 g/mol. The number of aromatic hydroxyl groups is 1. The van der Waals surface area contributed by atoms with Gasteiger partial charge in [-0.3, -0.25) is 19.2 Å². The van der Waals surface area contributed by atoms with Crippen molar-refractivity contribution in [2.24, 2.45) is 0 Å². The molecule has 4 rings (SSSR count). The molecule has 0 aliphatic rings. The number of amides is 2. The second kappa shape index (κ2) is 10.7. The Morgan fingerprint density at radius 2 is 1.56 bits per heavy atom. The number of hydrogen-bond acceptors (Lipinski definition) is 6. The van der Waals surface area contributed by atoms with Crippen LogP contribution in [0.15, 0.2) is 88.1 Å². The zero-order chi connectivity index (χ0) is 25.7. The number of carbonyl (C=O) groups excluding carboxylic acids is 3. The number of ketones is 1. The highest BCUT2D eigenvalue weighted by Crippen LogP contribution is 2.20. The summed E-state index contributed by atoms with van der Waals surface area (Å²) in [6.07, 6.45) is 0.0574. The van der Waals surface area contributed by atoms with E-state index in [0.717, 1.165) is 11.1 Å². The summed E-state index contributed by atoms with van der Waals surface area (Å²) in [4.78, 5) is 51.7. The van der Waals surface area contributed by atoms with E-state index in [1.54, 1.807) is 24.3 Å². The highest BCUT2D eigenvalue weighted by atomic mass is 16.3. The quantitative estimate of drug-likeness (QED) is 0.330. The molecule has 0 fully saturated rings. The minimum atomic E-state index is -1.21. The van der Waals surface area contributed by atoms with E-state index in [2.05, 4.69) is 10.6 Å². The largest absolute Gasteiger partial charge is 0.508 e. The first-order valence-corrected chi connectivity index (χ1v) is 11.3. The maximum absolute atomic E-state index is 13.2. The van der Waals surface area contributed by atoms with Crippen LogP contribution < -0.4 is 16.1 Å². The summed E-state index contributed by atoms with van der Waals surface area (Å²) in [5.74, 6) is -2.93. The van der Waals surface area contributed by atoms with Crippen molar-refractivity contribution in [2.75, 3.05) is 0 Å². The summed E-state index contributed by atoms with van der Waals surface area (Å²) >= 11 is 0. The molecule has 36 heavy (non-hydrogen) atoms. The summed E-state index contributed by atoms with van der Waals surface area (Å²) in [6.45, 7) is 1.59. The molecule has 0 bridgehead atoms. The van der Waals surface area contributed by atoms with Crippen LogP contribution in [-0.4, -0.2) is 28.7 Å². The molecule has 2 amide bonds. The number of rotatable bonds is 8. The van der Waals surface area contributed by atoms with E-state index >= 15 is 0 Å². The lowest BCUT2D eigenvalue weighted by Crippen LogP contribution is -2.48. The van der Waals surface area contributed by atoms with Gasteiger partial charge in [-0.1, -0.05) is 60.7 Å². The van der Waals surface area contributed by atoms with Gasteiger partial charge in [0, 0.05) is 24.6 Å². The van der Waals surface area contributed by atoms with Crippen molar-refractivity contribution in [2.45, 2.75) is 25.9 Å². The third kappa shape index (κ3) is 5.50. The van der Waals surface area contributed by atoms with E-state index in [9.17, 15) is 24.3 Å². The van der Waals surface area contributed by atoms with Crippen molar-refractivity contribution in [3.8, 4) is 5.75 Å². The second-order valence-electron chi connectivity index (χ2n) is 8.31. The van der Waals surface area contributed by atoms with E-state index < -0.39 is 29.1 Å². The van der Waals surface area contributed by atoms with Crippen LogP contribution in [0, 0.1) is 6.92 Å². The maximum atomic E-state index is 13.2. The Morgan fingerprint density at radius 1 is 0.917 bits per heavy atom. The molecular formula is C28H24N2O6. The van der Waals surface area contributed by atoms with E-state index in [4.69, 9.17) is 4.42 Å². The first-order chi connectivity index (χ1) is 17.3. The standard InChI is InChI=1S/C28H24N2O6/c1-17-24(32)21-13-12-20(31)15-23(21)36-26(17)28(35)30-22(14-18-8-4-2-5-9-18)25(33)27(34)29-16-19-10-6-3-7-11-19/h2-13,15,22,31H,14,16H2,1H3,(H,29,34)(H,30,35)/t22-/m0/s1. The smallest absolute Gasteiger partial charge is 0.289 e. The van der Waals surface area contributed by atoms with E-state index in [1.807, 2.05) is 36.4 Å². The van der Waals surface area contributed by atoms with Gasteiger partial charge in [0.1, 0.15) is 17.4 Å². The number of fused-ring (bicyclic) bond motifs is 1. The number of phenolic OH excluding ortho intramolecular Hbond substituents is 1. The third-order valence-electron chi connectivity index (χ3n) is 5.73. The zero-order valence-electron chi connectivity index (χ0n) is 19.5. The van der Waals surface area contributed by atoms with Crippen LogP contribution in [-0.2, 0) is 22.6 Å². The van der Waals surface area contributed by atoms with Gasteiger partial charge in [0.2, 0.25) is 5.78 Å². The molecule has 0 aliphatic carbocycles. The van der Waals surface area contributed by atoms with Crippen LogP contribution in [0.3, 0.4) is 0 Å². The monoisotopic (exact) mass is 484 g/mol. The Kier molecular flexibility index (Phi) is 7.25. The van der Waals surface area contributed by atoms with E-state index in [-0.39, 0.29) is 41.0 Å². The lowest BCUT2D eigenvalue weighted by Gasteiger charge is -2.18. The molecular weight excluding hydrogens is 460 g/mol.